The minimum absolute atomic E-state index is 0.128. The van der Waals surface area contributed by atoms with Crippen molar-refractivity contribution in [2.75, 3.05) is 12.4 Å². The normalized spacial score (nSPS) is 11.8. The third-order valence-electron chi connectivity index (χ3n) is 3.05. The number of hydrogen-bond acceptors (Lipinski definition) is 3. The van der Waals surface area contributed by atoms with Crippen molar-refractivity contribution in [3.63, 3.8) is 0 Å². The summed E-state index contributed by atoms with van der Waals surface area (Å²) >= 11 is 5.99. The molecule has 1 atom stereocenters. The molecule has 0 spiro atoms. The van der Waals surface area contributed by atoms with E-state index in [9.17, 15) is 4.79 Å². The van der Waals surface area contributed by atoms with Crippen molar-refractivity contribution in [1.82, 2.24) is 0 Å². The van der Waals surface area contributed by atoms with Gasteiger partial charge in [0.1, 0.15) is 0 Å². The monoisotopic (exact) mass is 289 g/mol. The van der Waals surface area contributed by atoms with Crippen LogP contribution in [0.2, 0.25) is 5.02 Å². The number of esters is 1. The van der Waals surface area contributed by atoms with Gasteiger partial charge in [-0.1, -0.05) is 41.9 Å². The second-order valence-corrected chi connectivity index (χ2v) is 4.87. The van der Waals surface area contributed by atoms with E-state index in [0.29, 0.717) is 10.6 Å². The average Bonchev–Trinajstić information content (AvgIpc) is 2.49. The Hall–Kier alpha value is -2.00. The number of benzene rings is 2. The van der Waals surface area contributed by atoms with Gasteiger partial charge in [-0.15, -0.1) is 0 Å². The first-order valence-electron chi connectivity index (χ1n) is 6.31. The molecule has 4 heteroatoms. The van der Waals surface area contributed by atoms with Crippen LogP contribution in [0.5, 0.6) is 0 Å². The number of ether oxygens (including phenoxy) is 1. The fraction of sp³-hybridized carbons (Fsp3) is 0.188. The van der Waals surface area contributed by atoms with Crippen molar-refractivity contribution >= 4 is 23.3 Å². The minimum atomic E-state index is -0.439. The molecule has 2 rings (SSSR count). The van der Waals surface area contributed by atoms with Crippen LogP contribution in [0.25, 0.3) is 0 Å². The summed E-state index contributed by atoms with van der Waals surface area (Å²) in [6.07, 6.45) is 0. The molecule has 2 aromatic carbocycles. The van der Waals surface area contributed by atoms with Crippen LogP contribution >= 0.6 is 11.6 Å². The molecule has 0 aliphatic heterocycles. The number of hydrogen-bond donors (Lipinski definition) is 1. The molecule has 0 amide bonds. The molecule has 1 N–H and O–H groups in total. The van der Waals surface area contributed by atoms with Crippen LogP contribution < -0.4 is 5.32 Å². The van der Waals surface area contributed by atoms with Gasteiger partial charge >= 0.3 is 5.97 Å². The largest absolute Gasteiger partial charge is 0.465 e. The van der Waals surface area contributed by atoms with Gasteiger partial charge < -0.3 is 10.1 Å². The second-order valence-electron chi connectivity index (χ2n) is 4.46. The van der Waals surface area contributed by atoms with Crippen LogP contribution in [0.4, 0.5) is 5.69 Å². The quantitative estimate of drug-likeness (QED) is 0.853. The van der Waals surface area contributed by atoms with E-state index in [0.717, 1.165) is 5.69 Å². The van der Waals surface area contributed by atoms with Crippen molar-refractivity contribution in [2.45, 2.75) is 13.0 Å². The first kappa shape index (κ1) is 14.4. The van der Waals surface area contributed by atoms with Crippen LogP contribution in [-0.4, -0.2) is 13.1 Å². The molecular formula is C16H16ClNO2. The molecule has 0 aliphatic carbocycles. The Morgan fingerprint density at radius 3 is 2.55 bits per heavy atom. The Kier molecular flexibility index (Phi) is 4.64. The van der Waals surface area contributed by atoms with E-state index in [1.54, 1.807) is 12.1 Å². The first-order valence-corrected chi connectivity index (χ1v) is 6.69. The number of carbonyl (C=O) groups is 1. The second kappa shape index (κ2) is 6.44. The smallest absolute Gasteiger partial charge is 0.339 e. The van der Waals surface area contributed by atoms with Gasteiger partial charge in [0.25, 0.3) is 0 Å². The van der Waals surface area contributed by atoms with Gasteiger partial charge in [0.05, 0.1) is 17.7 Å². The summed E-state index contributed by atoms with van der Waals surface area (Å²) in [5.41, 5.74) is 2.35. The van der Waals surface area contributed by atoms with Crippen LogP contribution in [0.1, 0.15) is 28.9 Å². The lowest BCUT2D eigenvalue weighted by atomic mass is 10.1. The molecule has 0 radical (unpaired) electrons. The summed E-state index contributed by atoms with van der Waals surface area (Å²) in [6, 6.07) is 15.4. The number of carbonyl (C=O) groups excluding carboxylic acids is 1. The van der Waals surface area contributed by atoms with Crippen molar-refractivity contribution in [3.05, 3.63) is 64.7 Å². The molecule has 20 heavy (non-hydrogen) atoms. The van der Waals surface area contributed by atoms with Gasteiger partial charge in [-0.3, -0.25) is 0 Å². The van der Waals surface area contributed by atoms with Crippen molar-refractivity contribution < 1.29 is 9.53 Å². The molecule has 1 unspecified atom stereocenters. The fourth-order valence-corrected chi connectivity index (χ4v) is 2.15. The highest BCUT2D eigenvalue weighted by molar-refractivity contribution is 6.33. The molecule has 0 aliphatic rings. The van der Waals surface area contributed by atoms with E-state index in [2.05, 4.69) is 24.4 Å². The number of methoxy groups -OCH3 is 1. The summed E-state index contributed by atoms with van der Waals surface area (Å²) in [4.78, 5) is 11.6. The summed E-state index contributed by atoms with van der Waals surface area (Å²) in [6.45, 7) is 2.06. The first-order chi connectivity index (χ1) is 9.61. The molecule has 3 nitrogen and oxygen atoms in total. The fourth-order valence-electron chi connectivity index (χ4n) is 1.96. The van der Waals surface area contributed by atoms with E-state index >= 15 is 0 Å². The topological polar surface area (TPSA) is 38.3 Å². The van der Waals surface area contributed by atoms with Crippen molar-refractivity contribution in [3.8, 4) is 0 Å². The summed E-state index contributed by atoms with van der Waals surface area (Å²) < 4.78 is 4.71. The van der Waals surface area contributed by atoms with E-state index < -0.39 is 5.97 Å². The lowest BCUT2D eigenvalue weighted by Gasteiger charge is -2.16. The third kappa shape index (κ3) is 3.31. The van der Waals surface area contributed by atoms with Gasteiger partial charge in [0.2, 0.25) is 0 Å². The van der Waals surface area contributed by atoms with E-state index in [-0.39, 0.29) is 6.04 Å². The Morgan fingerprint density at radius 1 is 1.20 bits per heavy atom. The SMILES string of the molecule is COC(=O)c1cc(NC(C)c2ccccc2)ccc1Cl. The maximum absolute atomic E-state index is 11.6. The van der Waals surface area contributed by atoms with Gasteiger partial charge in [0, 0.05) is 11.7 Å². The van der Waals surface area contributed by atoms with Gasteiger partial charge in [-0.05, 0) is 30.7 Å². The lowest BCUT2D eigenvalue weighted by molar-refractivity contribution is 0.0601. The highest BCUT2D eigenvalue weighted by atomic mass is 35.5. The Bertz CT molecular complexity index is 599. The maximum atomic E-state index is 11.6. The number of nitrogens with one attached hydrogen (secondary N) is 1. The Balaban J connectivity index is 2.20. The standard InChI is InChI=1S/C16H16ClNO2/c1-11(12-6-4-3-5-7-12)18-13-8-9-15(17)14(10-13)16(19)20-2/h3-11,18H,1-2H3. The predicted octanol–water partition coefficient (Wildman–Crippen LogP) is 4.30. The highest BCUT2D eigenvalue weighted by Gasteiger charge is 2.12. The van der Waals surface area contributed by atoms with Gasteiger partial charge in [-0.25, -0.2) is 4.79 Å². The van der Waals surface area contributed by atoms with Crippen molar-refractivity contribution in [2.24, 2.45) is 0 Å². The summed E-state index contributed by atoms with van der Waals surface area (Å²) in [5, 5.41) is 3.72. The minimum Gasteiger partial charge on any atom is -0.465 e. The van der Waals surface area contributed by atoms with Crippen LogP contribution in [0, 0.1) is 0 Å². The van der Waals surface area contributed by atoms with Crippen molar-refractivity contribution in [1.29, 1.82) is 0 Å². The predicted molar refractivity (Wildman–Crippen MR) is 81.3 cm³/mol. The van der Waals surface area contributed by atoms with E-state index in [1.807, 2.05) is 24.3 Å². The third-order valence-corrected chi connectivity index (χ3v) is 3.38. The summed E-state index contributed by atoms with van der Waals surface area (Å²) in [5.74, 6) is -0.439. The molecule has 0 bridgehead atoms. The van der Waals surface area contributed by atoms with Crippen LogP contribution in [0.3, 0.4) is 0 Å². The molecule has 104 valence electrons. The number of anilines is 1. The van der Waals surface area contributed by atoms with Crippen LogP contribution in [0.15, 0.2) is 48.5 Å². The molecule has 0 fully saturated rings. The maximum Gasteiger partial charge on any atom is 0.339 e. The molecule has 0 heterocycles. The van der Waals surface area contributed by atoms with E-state index in [1.165, 1.54) is 12.7 Å². The average molecular weight is 290 g/mol. The molecule has 0 aromatic heterocycles. The van der Waals surface area contributed by atoms with Crippen LogP contribution in [-0.2, 0) is 4.74 Å². The van der Waals surface area contributed by atoms with Gasteiger partial charge in [0.15, 0.2) is 0 Å². The lowest BCUT2D eigenvalue weighted by Crippen LogP contribution is -2.08. The summed E-state index contributed by atoms with van der Waals surface area (Å²) in [7, 11) is 1.34. The Morgan fingerprint density at radius 2 is 1.90 bits per heavy atom. The Labute approximate surface area is 123 Å². The van der Waals surface area contributed by atoms with E-state index in [4.69, 9.17) is 16.3 Å². The zero-order valence-electron chi connectivity index (χ0n) is 11.4. The highest BCUT2D eigenvalue weighted by Crippen LogP contribution is 2.24. The number of rotatable bonds is 4. The zero-order valence-corrected chi connectivity index (χ0v) is 12.1. The molecule has 0 saturated heterocycles. The molecular weight excluding hydrogens is 274 g/mol. The number of halogens is 1. The molecule has 0 saturated carbocycles. The molecule has 2 aromatic rings. The zero-order chi connectivity index (χ0) is 14.5. The van der Waals surface area contributed by atoms with Gasteiger partial charge in [-0.2, -0.15) is 0 Å².